The molecule has 8 atom stereocenters. The minimum atomic E-state index is -1.02. The first-order valence-electron chi connectivity index (χ1n) is 18.0. The molecule has 3 saturated carbocycles. The van der Waals surface area contributed by atoms with Crippen molar-refractivity contribution in [2.24, 2.45) is 39.4 Å². The van der Waals surface area contributed by atoms with E-state index in [1.54, 1.807) is 0 Å². The second kappa shape index (κ2) is 10.9. The maximum absolute atomic E-state index is 14.6. The van der Waals surface area contributed by atoms with Gasteiger partial charge in [-0.3, -0.25) is 4.79 Å². The molecular formula is C41H49F2NO3. The molecule has 2 aromatic rings. The van der Waals surface area contributed by atoms with Crippen molar-refractivity contribution in [2.75, 3.05) is 19.6 Å². The Labute approximate surface area is 277 Å². The van der Waals surface area contributed by atoms with Crippen LogP contribution in [0.3, 0.4) is 0 Å². The third-order valence-electron chi connectivity index (χ3n) is 14.7. The Morgan fingerprint density at radius 1 is 0.872 bits per heavy atom. The van der Waals surface area contributed by atoms with Gasteiger partial charge >= 0.3 is 0 Å². The summed E-state index contributed by atoms with van der Waals surface area (Å²) in [5.74, 6) is -1.38. The van der Waals surface area contributed by atoms with Gasteiger partial charge < -0.3 is 15.1 Å². The predicted octanol–water partition coefficient (Wildman–Crippen LogP) is 7.69. The summed E-state index contributed by atoms with van der Waals surface area (Å²) in [6.45, 7) is 7.25. The van der Waals surface area contributed by atoms with Crippen molar-refractivity contribution in [1.82, 2.24) is 4.90 Å². The molecule has 1 unspecified atom stereocenters. The van der Waals surface area contributed by atoms with E-state index in [2.05, 4.69) is 67.3 Å². The van der Waals surface area contributed by atoms with Gasteiger partial charge in [-0.1, -0.05) is 62.4 Å². The van der Waals surface area contributed by atoms with E-state index < -0.39 is 39.6 Å². The molecular weight excluding hydrogens is 592 g/mol. The SMILES string of the molecule is C[C@]12CC[C@H]3[C@]4(C=C[C@@]5(C=C4C(=O)c4ccc(F)c(F)c4)CC(O)CC[C@]35C)[C@@H]1CC[C@@]2(O)CN1CCC(Cc2ccccc2)CC1. The first-order chi connectivity index (χ1) is 22.4. The Morgan fingerprint density at radius 3 is 2.32 bits per heavy atom. The van der Waals surface area contributed by atoms with Crippen LogP contribution >= 0.6 is 0 Å². The fraction of sp³-hybridized carbons (Fsp3) is 0.585. The van der Waals surface area contributed by atoms with Gasteiger partial charge in [0.15, 0.2) is 17.4 Å². The predicted molar refractivity (Wildman–Crippen MR) is 179 cm³/mol. The molecule has 6 aliphatic carbocycles. The van der Waals surface area contributed by atoms with Gasteiger partial charge in [-0.25, -0.2) is 8.78 Å². The van der Waals surface area contributed by atoms with E-state index in [1.807, 2.05) is 0 Å². The molecule has 2 aromatic carbocycles. The lowest BCUT2D eigenvalue weighted by Crippen LogP contribution is -2.67. The number of allylic oxidation sites excluding steroid dienone is 4. The van der Waals surface area contributed by atoms with E-state index in [-0.39, 0.29) is 28.6 Å². The summed E-state index contributed by atoms with van der Waals surface area (Å²) in [7, 11) is 0. The molecule has 0 amide bonds. The van der Waals surface area contributed by atoms with Gasteiger partial charge in [0.05, 0.1) is 11.7 Å². The number of ketones is 1. The van der Waals surface area contributed by atoms with Crippen molar-refractivity contribution in [3.8, 4) is 0 Å². The van der Waals surface area contributed by atoms with Crippen LogP contribution in [-0.4, -0.2) is 52.2 Å². The second-order valence-corrected chi connectivity index (χ2v) is 16.7. The number of carbonyl (C=O) groups excluding carboxylic acids is 1. The van der Waals surface area contributed by atoms with E-state index in [4.69, 9.17) is 0 Å². The Bertz CT molecular complexity index is 1630. The molecule has 0 radical (unpaired) electrons. The summed E-state index contributed by atoms with van der Waals surface area (Å²) in [5.41, 5.74) is -0.280. The van der Waals surface area contributed by atoms with Crippen LogP contribution in [0.2, 0.25) is 0 Å². The maximum Gasteiger partial charge on any atom is 0.189 e. The monoisotopic (exact) mass is 641 g/mol. The van der Waals surface area contributed by atoms with Crippen molar-refractivity contribution in [3.63, 3.8) is 0 Å². The molecule has 1 saturated heterocycles. The summed E-state index contributed by atoms with van der Waals surface area (Å²) in [6, 6.07) is 14.2. The molecule has 47 heavy (non-hydrogen) atoms. The summed E-state index contributed by atoms with van der Waals surface area (Å²) in [5, 5.41) is 23.7. The molecule has 250 valence electrons. The second-order valence-electron chi connectivity index (χ2n) is 16.7. The Balaban J connectivity index is 1.12. The number of fused-ring (bicyclic) bond motifs is 1. The van der Waals surface area contributed by atoms with E-state index in [0.717, 1.165) is 76.6 Å². The molecule has 9 rings (SSSR count). The van der Waals surface area contributed by atoms with E-state index in [1.165, 1.54) is 11.6 Å². The minimum Gasteiger partial charge on any atom is -0.393 e. The van der Waals surface area contributed by atoms with Crippen LogP contribution in [0.25, 0.3) is 0 Å². The maximum atomic E-state index is 14.6. The highest BCUT2D eigenvalue weighted by Gasteiger charge is 2.74. The van der Waals surface area contributed by atoms with Gasteiger partial charge in [0.2, 0.25) is 0 Å². The normalized spacial score (nSPS) is 41.2. The number of halogens is 2. The van der Waals surface area contributed by atoms with Gasteiger partial charge in [0.25, 0.3) is 0 Å². The van der Waals surface area contributed by atoms with Crippen molar-refractivity contribution in [3.05, 3.63) is 95.1 Å². The number of Topliss-reactive ketones (excluding diaryl/α,β-unsaturated/α-hetero) is 1. The van der Waals surface area contributed by atoms with Gasteiger partial charge in [-0.05, 0) is 124 Å². The van der Waals surface area contributed by atoms with Crippen LogP contribution in [0.15, 0.2) is 72.3 Å². The van der Waals surface area contributed by atoms with Crippen molar-refractivity contribution >= 4 is 5.78 Å². The van der Waals surface area contributed by atoms with Crippen molar-refractivity contribution in [1.29, 1.82) is 0 Å². The summed E-state index contributed by atoms with van der Waals surface area (Å²) < 4.78 is 28.5. The number of carbonyl (C=O) groups is 1. The molecule has 1 aliphatic heterocycles. The van der Waals surface area contributed by atoms with Gasteiger partial charge in [0, 0.05) is 33.9 Å². The largest absolute Gasteiger partial charge is 0.393 e. The molecule has 7 aliphatic rings. The minimum absolute atomic E-state index is 0.0353. The Hall–Kier alpha value is -2.67. The number of hydrogen-bond acceptors (Lipinski definition) is 4. The lowest BCUT2D eigenvalue weighted by Gasteiger charge is -2.71. The lowest BCUT2D eigenvalue weighted by atomic mass is 9.32. The summed E-state index contributed by atoms with van der Waals surface area (Å²) in [4.78, 5) is 17.0. The number of piperidine rings is 1. The first kappa shape index (κ1) is 31.6. The molecule has 1 heterocycles. The number of β-amino-alcohol motifs (C(OH)–C–C–N with tert-alkyl or cyclic N) is 1. The van der Waals surface area contributed by atoms with Gasteiger partial charge in [0.1, 0.15) is 0 Å². The highest BCUT2D eigenvalue weighted by atomic mass is 19.2. The highest BCUT2D eigenvalue weighted by molar-refractivity contribution is 6.10. The molecule has 0 aromatic heterocycles. The zero-order chi connectivity index (χ0) is 32.8. The Morgan fingerprint density at radius 2 is 1.57 bits per heavy atom. The fourth-order valence-electron chi connectivity index (χ4n) is 12.1. The fourth-order valence-corrected chi connectivity index (χ4v) is 12.1. The first-order valence-corrected chi connectivity index (χ1v) is 18.0. The molecule has 4 fully saturated rings. The number of likely N-dealkylation sites (tertiary alicyclic amines) is 1. The highest BCUT2D eigenvalue weighted by Crippen LogP contribution is 2.78. The number of rotatable bonds is 6. The van der Waals surface area contributed by atoms with E-state index in [0.29, 0.717) is 30.9 Å². The number of nitrogens with zero attached hydrogens (tertiary/aromatic N) is 1. The van der Waals surface area contributed by atoms with Crippen LogP contribution in [0.1, 0.15) is 87.6 Å². The Kier molecular flexibility index (Phi) is 7.34. The molecule has 4 nitrogen and oxygen atoms in total. The summed E-state index contributed by atoms with van der Waals surface area (Å²) in [6.07, 6.45) is 15.1. The van der Waals surface area contributed by atoms with E-state index >= 15 is 0 Å². The average molecular weight is 642 g/mol. The smallest absolute Gasteiger partial charge is 0.189 e. The van der Waals surface area contributed by atoms with Gasteiger partial charge in [-0.15, -0.1) is 0 Å². The quantitative estimate of drug-likeness (QED) is 0.251. The van der Waals surface area contributed by atoms with Crippen LogP contribution in [0.4, 0.5) is 8.78 Å². The molecule has 2 N–H and O–H groups in total. The zero-order valence-electron chi connectivity index (χ0n) is 27.9. The molecule has 2 spiro atoms. The lowest BCUT2D eigenvalue weighted by molar-refractivity contribution is -0.177. The zero-order valence-corrected chi connectivity index (χ0v) is 27.9. The topological polar surface area (TPSA) is 60.8 Å². The van der Waals surface area contributed by atoms with E-state index in [9.17, 15) is 23.8 Å². The van der Waals surface area contributed by atoms with Crippen molar-refractivity contribution < 1.29 is 23.8 Å². The molecule has 6 heteroatoms. The number of aliphatic hydroxyl groups is 2. The van der Waals surface area contributed by atoms with Gasteiger partial charge in [-0.2, -0.15) is 0 Å². The van der Waals surface area contributed by atoms with Crippen LogP contribution in [-0.2, 0) is 6.42 Å². The van der Waals surface area contributed by atoms with Crippen LogP contribution < -0.4 is 0 Å². The standard InChI is InChI=1S/C41H49F2NO3/c1-37-15-10-30(45)24-39(37)18-19-41(31(25-39)36(46)29-8-9-32(42)33(43)23-29)34(37)11-16-38(2)35(41)12-17-40(38,47)26-44-20-13-28(14-21-44)22-27-6-4-3-5-7-27/h3-9,18-19,23,25,28,30,34-35,45,47H,10-17,20-22,24,26H2,1-2H3/t30?,34-,35-,37-,38+,39+,40-,41-/m1/s1. The molecule has 2 bridgehead atoms. The summed E-state index contributed by atoms with van der Waals surface area (Å²) >= 11 is 0. The van der Waals surface area contributed by atoms with Crippen LogP contribution in [0, 0.1) is 51.0 Å². The third-order valence-corrected chi connectivity index (χ3v) is 14.7. The number of aliphatic hydroxyl groups excluding tert-OH is 1. The average Bonchev–Trinajstić information content (AvgIpc) is 3.33. The number of benzene rings is 2. The van der Waals surface area contributed by atoms with Crippen molar-refractivity contribution in [2.45, 2.75) is 89.8 Å². The third kappa shape index (κ3) is 4.49. The van der Waals surface area contributed by atoms with Crippen LogP contribution in [0.5, 0.6) is 0 Å². The number of hydrogen-bond donors (Lipinski definition) is 2.